The van der Waals surface area contributed by atoms with Gasteiger partial charge >= 0.3 is 5.97 Å². The molecule has 0 fully saturated rings. The minimum Gasteiger partial charge on any atom is -0.478 e. The van der Waals surface area contributed by atoms with Gasteiger partial charge in [0.25, 0.3) is 6.10 Å². The van der Waals surface area contributed by atoms with E-state index in [1.165, 1.54) is 6.26 Å². The third-order valence-corrected chi connectivity index (χ3v) is 5.06. The molecule has 122 valence electrons. The molecule has 1 heterocycles. The Morgan fingerprint density at radius 1 is 1.04 bits per heavy atom. The maximum absolute atomic E-state index is 12.7. The number of furan rings is 1. The van der Waals surface area contributed by atoms with E-state index in [0.717, 1.165) is 7.14 Å². The fourth-order valence-corrected chi connectivity index (χ4v) is 4.01. The van der Waals surface area contributed by atoms with Crippen LogP contribution in [0.15, 0.2) is 53.1 Å². The molecule has 1 atom stereocenters. The maximum Gasteiger partial charge on any atom is 0.353 e. The summed E-state index contributed by atoms with van der Waals surface area (Å²) in [5, 5.41) is 10.0. The summed E-state index contributed by atoms with van der Waals surface area (Å²) >= 11 is 4.08. The van der Waals surface area contributed by atoms with Gasteiger partial charge in [0.2, 0.25) is 5.78 Å². The summed E-state index contributed by atoms with van der Waals surface area (Å²) in [6.07, 6.45) is -0.372. The van der Waals surface area contributed by atoms with Crippen molar-refractivity contribution < 1.29 is 23.8 Å². The van der Waals surface area contributed by atoms with Crippen LogP contribution in [0.2, 0.25) is 0 Å². The normalized spacial score (nSPS) is 12.1. The number of para-hydroxylation sites is 2. The first-order valence-corrected chi connectivity index (χ1v) is 8.98. The van der Waals surface area contributed by atoms with E-state index < -0.39 is 17.9 Å². The number of carboxylic acids is 1. The average Bonchev–Trinajstić information content (AvgIpc) is 2.97. The number of hydrogen-bond acceptors (Lipinski definition) is 4. The number of carbonyl (C=O) groups is 2. The van der Waals surface area contributed by atoms with Crippen LogP contribution in [0.1, 0.15) is 10.4 Å². The number of ether oxygens (including phenoxy) is 1. The molecule has 0 spiro atoms. The molecule has 0 radical (unpaired) electrons. The summed E-state index contributed by atoms with van der Waals surface area (Å²) in [7, 11) is 0. The summed E-state index contributed by atoms with van der Waals surface area (Å²) in [5.74, 6) is -1.61. The Hall–Kier alpha value is -1.62. The highest BCUT2D eigenvalue weighted by atomic mass is 127. The first-order chi connectivity index (χ1) is 11.5. The molecule has 0 aliphatic carbocycles. The van der Waals surface area contributed by atoms with Crippen molar-refractivity contribution in [3.05, 3.63) is 61.4 Å². The van der Waals surface area contributed by atoms with Crippen LogP contribution in [0.5, 0.6) is 5.75 Å². The highest BCUT2D eigenvalue weighted by molar-refractivity contribution is 14.1. The van der Waals surface area contributed by atoms with E-state index in [9.17, 15) is 14.7 Å². The largest absolute Gasteiger partial charge is 0.478 e. The van der Waals surface area contributed by atoms with Crippen LogP contribution in [-0.2, 0) is 4.79 Å². The van der Waals surface area contributed by atoms with Gasteiger partial charge in [-0.2, -0.15) is 0 Å². The Kier molecular flexibility index (Phi) is 5.09. The van der Waals surface area contributed by atoms with E-state index in [-0.39, 0.29) is 5.56 Å². The van der Waals surface area contributed by atoms with Crippen molar-refractivity contribution >= 4 is 67.9 Å². The van der Waals surface area contributed by atoms with E-state index in [4.69, 9.17) is 9.15 Å². The summed E-state index contributed by atoms with van der Waals surface area (Å²) < 4.78 is 12.4. The number of ketones is 1. The van der Waals surface area contributed by atoms with Gasteiger partial charge in [-0.25, -0.2) is 4.79 Å². The molecule has 0 bridgehead atoms. The van der Waals surface area contributed by atoms with Gasteiger partial charge in [-0.1, -0.05) is 24.3 Å². The highest BCUT2D eigenvalue weighted by Crippen LogP contribution is 2.29. The van der Waals surface area contributed by atoms with Crippen LogP contribution in [0, 0.1) is 7.14 Å². The Labute approximate surface area is 164 Å². The van der Waals surface area contributed by atoms with E-state index >= 15 is 0 Å². The predicted octanol–water partition coefficient (Wildman–Crippen LogP) is 4.36. The molecular formula is C17H10I2O5. The molecule has 3 aromatic rings. The second-order valence-electron chi connectivity index (χ2n) is 4.90. The summed E-state index contributed by atoms with van der Waals surface area (Å²) in [6, 6.07) is 12.4. The summed E-state index contributed by atoms with van der Waals surface area (Å²) in [6.45, 7) is 0. The monoisotopic (exact) mass is 548 g/mol. The molecule has 7 heteroatoms. The van der Waals surface area contributed by atoms with Crippen molar-refractivity contribution in [2.75, 3.05) is 0 Å². The molecule has 0 saturated carbocycles. The molecule has 1 unspecified atom stereocenters. The molecular weight excluding hydrogens is 538 g/mol. The Balaban J connectivity index is 1.99. The number of Topliss-reactive ketones (excluding diaryl/α,β-unsaturated/α-hetero) is 1. The molecule has 24 heavy (non-hydrogen) atoms. The first-order valence-electron chi connectivity index (χ1n) is 6.83. The van der Waals surface area contributed by atoms with Crippen molar-refractivity contribution in [2.45, 2.75) is 6.10 Å². The van der Waals surface area contributed by atoms with Gasteiger partial charge in [0.15, 0.2) is 0 Å². The predicted molar refractivity (Wildman–Crippen MR) is 104 cm³/mol. The topological polar surface area (TPSA) is 76.7 Å². The molecule has 2 aromatic carbocycles. The van der Waals surface area contributed by atoms with Crippen molar-refractivity contribution in [1.82, 2.24) is 0 Å². The fourth-order valence-electron chi connectivity index (χ4n) is 2.24. The molecule has 1 aromatic heterocycles. The number of carbonyl (C=O) groups excluding carboxylic acids is 1. The molecule has 1 N–H and O–H groups in total. The quantitative estimate of drug-likeness (QED) is 0.292. The van der Waals surface area contributed by atoms with Gasteiger partial charge < -0.3 is 14.3 Å². The van der Waals surface area contributed by atoms with E-state index in [1.54, 1.807) is 36.4 Å². The number of carboxylic acid groups (broad SMARTS) is 1. The van der Waals surface area contributed by atoms with Crippen LogP contribution < -0.4 is 4.74 Å². The lowest BCUT2D eigenvalue weighted by Crippen LogP contribution is -2.36. The van der Waals surface area contributed by atoms with E-state index in [2.05, 4.69) is 0 Å². The Morgan fingerprint density at radius 2 is 1.71 bits per heavy atom. The van der Waals surface area contributed by atoms with Crippen LogP contribution in [0.25, 0.3) is 11.0 Å². The van der Waals surface area contributed by atoms with Crippen molar-refractivity contribution in [2.24, 2.45) is 0 Å². The minimum absolute atomic E-state index is 0.193. The zero-order chi connectivity index (χ0) is 17.3. The Morgan fingerprint density at radius 3 is 2.38 bits per heavy atom. The van der Waals surface area contributed by atoms with Crippen LogP contribution in [-0.4, -0.2) is 23.0 Å². The minimum atomic E-state index is -1.64. The van der Waals surface area contributed by atoms with Crippen molar-refractivity contribution in [3.63, 3.8) is 0 Å². The van der Waals surface area contributed by atoms with E-state index in [1.807, 2.05) is 51.2 Å². The third kappa shape index (κ3) is 3.27. The highest BCUT2D eigenvalue weighted by Gasteiger charge is 2.32. The van der Waals surface area contributed by atoms with E-state index in [0.29, 0.717) is 16.7 Å². The summed E-state index contributed by atoms with van der Waals surface area (Å²) in [4.78, 5) is 24.3. The van der Waals surface area contributed by atoms with Crippen molar-refractivity contribution in [1.29, 1.82) is 0 Å². The van der Waals surface area contributed by atoms with Crippen LogP contribution in [0.4, 0.5) is 0 Å². The molecule has 0 aliphatic rings. The van der Waals surface area contributed by atoms with Crippen LogP contribution in [0.3, 0.4) is 0 Å². The molecule has 0 amide bonds. The Bertz CT molecular complexity index is 911. The van der Waals surface area contributed by atoms with Crippen molar-refractivity contribution in [3.8, 4) is 5.75 Å². The molecule has 0 aliphatic heterocycles. The zero-order valence-electron chi connectivity index (χ0n) is 12.0. The lowest BCUT2D eigenvalue weighted by Gasteiger charge is -2.16. The number of hydrogen-bond donors (Lipinski definition) is 1. The van der Waals surface area contributed by atoms with Gasteiger partial charge in [0, 0.05) is 5.39 Å². The second-order valence-corrected chi connectivity index (χ2v) is 7.22. The molecule has 5 nitrogen and oxygen atoms in total. The fraction of sp³-hybridized carbons (Fsp3) is 0.0588. The van der Waals surface area contributed by atoms with Gasteiger partial charge in [-0.15, -0.1) is 0 Å². The average molecular weight is 548 g/mol. The number of rotatable bonds is 5. The van der Waals surface area contributed by atoms with Gasteiger partial charge in [-0.05, 0) is 63.4 Å². The number of halogens is 2. The number of benzene rings is 2. The van der Waals surface area contributed by atoms with Gasteiger partial charge in [0.1, 0.15) is 17.6 Å². The number of aliphatic carboxylic acids is 1. The number of fused-ring (bicyclic) bond motifs is 1. The van der Waals surface area contributed by atoms with Gasteiger partial charge in [-0.3, -0.25) is 4.79 Å². The third-order valence-electron chi connectivity index (χ3n) is 3.36. The lowest BCUT2D eigenvalue weighted by atomic mass is 10.1. The maximum atomic E-state index is 12.7. The smallest absolute Gasteiger partial charge is 0.353 e. The summed E-state index contributed by atoms with van der Waals surface area (Å²) in [5.41, 5.74) is 0.716. The van der Waals surface area contributed by atoms with Gasteiger partial charge in [0.05, 0.1) is 12.7 Å². The SMILES string of the molecule is O=C(O)C(Oc1c(I)cccc1I)C(=O)c1coc2ccccc12. The second kappa shape index (κ2) is 7.09. The molecule has 3 rings (SSSR count). The molecule has 0 saturated heterocycles. The lowest BCUT2D eigenvalue weighted by molar-refractivity contribution is -0.142. The van der Waals surface area contributed by atoms with Crippen LogP contribution >= 0.6 is 45.2 Å². The first kappa shape index (κ1) is 17.2. The zero-order valence-corrected chi connectivity index (χ0v) is 16.3. The standard InChI is InChI=1S/C17H10I2O5/c18-11-5-3-6-12(19)15(11)24-16(17(21)22)14(20)10-8-23-13-7-2-1-4-9(10)13/h1-8,16H,(H,21,22).